The van der Waals surface area contributed by atoms with Crippen LogP contribution in [0.5, 0.6) is 0 Å². The monoisotopic (exact) mass is 398 g/mol. The van der Waals surface area contributed by atoms with Gasteiger partial charge in [0.2, 0.25) is 5.82 Å². The molecule has 0 saturated heterocycles. The van der Waals surface area contributed by atoms with Gasteiger partial charge in [0.05, 0.1) is 11.6 Å². The van der Waals surface area contributed by atoms with Crippen molar-refractivity contribution in [1.82, 2.24) is 14.7 Å². The van der Waals surface area contributed by atoms with Gasteiger partial charge < -0.3 is 10.6 Å². The van der Waals surface area contributed by atoms with E-state index in [4.69, 9.17) is 0 Å². The van der Waals surface area contributed by atoms with Gasteiger partial charge in [-0.3, -0.25) is 14.0 Å². The highest BCUT2D eigenvalue weighted by atomic mass is 16.2. The molecule has 6 heteroatoms. The predicted molar refractivity (Wildman–Crippen MR) is 117 cm³/mol. The van der Waals surface area contributed by atoms with Gasteiger partial charge in [-0.2, -0.15) is 0 Å². The summed E-state index contributed by atoms with van der Waals surface area (Å²) >= 11 is 0. The number of aryl methyl sites for hydroxylation is 1. The Hall–Kier alpha value is -3.93. The molecule has 0 spiro atoms. The van der Waals surface area contributed by atoms with Crippen LogP contribution in [0.1, 0.15) is 45.2 Å². The van der Waals surface area contributed by atoms with Crippen LogP contribution in [0.4, 0.5) is 5.69 Å². The molecule has 0 aliphatic carbocycles. The molecular weight excluding hydrogens is 376 g/mol. The van der Waals surface area contributed by atoms with E-state index in [2.05, 4.69) is 15.6 Å². The molecule has 0 aliphatic heterocycles. The van der Waals surface area contributed by atoms with E-state index in [0.29, 0.717) is 11.2 Å². The maximum Gasteiger partial charge on any atom is 0.292 e. The van der Waals surface area contributed by atoms with Crippen LogP contribution in [0.3, 0.4) is 0 Å². The lowest BCUT2D eigenvalue weighted by molar-refractivity contribution is 0.0937. The first-order chi connectivity index (χ1) is 14.5. The predicted octanol–water partition coefficient (Wildman–Crippen LogP) is 4.39. The molecule has 6 nitrogen and oxygen atoms in total. The Morgan fingerprint density at radius 1 is 0.900 bits per heavy atom. The van der Waals surface area contributed by atoms with Crippen molar-refractivity contribution in [3.05, 3.63) is 102 Å². The van der Waals surface area contributed by atoms with Crippen LogP contribution in [-0.2, 0) is 0 Å². The molecule has 2 N–H and O–H groups in total. The van der Waals surface area contributed by atoms with Crippen LogP contribution >= 0.6 is 0 Å². The number of imidazole rings is 1. The maximum absolute atomic E-state index is 13.0. The molecule has 0 fully saturated rings. The van der Waals surface area contributed by atoms with Crippen LogP contribution in [0.15, 0.2) is 79.0 Å². The molecule has 2 amide bonds. The smallest absolute Gasteiger partial charge is 0.292 e. The summed E-state index contributed by atoms with van der Waals surface area (Å²) in [5.74, 6) is -0.544. The number of carbonyl (C=O) groups excluding carboxylic acids is 2. The number of fused-ring (bicyclic) bond motifs is 1. The number of rotatable bonds is 5. The maximum atomic E-state index is 13.0. The Kier molecular flexibility index (Phi) is 5.30. The summed E-state index contributed by atoms with van der Waals surface area (Å²) in [7, 11) is 0. The molecule has 0 bridgehead atoms. The lowest BCUT2D eigenvalue weighted by Gasteiger charge is -2.13. The highest BCUT2D eigenvalue weighted by molar-refractivity contribution is 6.06. The van der Waals surface area contributed by atoms with Crippen LogP contribution in [0.2, 0.25) is 0 Å². The second kappa shape index (κ2) is 8.21. The number of carbonyl (C=O) groups is 2. The Labute approximate surface area is 174 Å². The third-order valence-corrected chi connectivity index (χ3v) is 5.01. The molecule has 2 aromatic heterocycles. The number of pyridine rings is 1. The van der Waals surface area contributed by atoms with Crippen molar-refractivity contribution in [2.45, 2.75) is 19.9 Å². The van der Waals surface area contributed by atoms with E-state index >= 15 is 0 Å². The topological polar surface area (TPSA) is 75.5 Å². The van der Waals surface area contributed by atoms with Gasteiger partial charge in [0.25, 0.3) is 11.8 Å². The van der Waals surface area contributed by atoms with E-state index in [-0.39, 0.29) is 29.4 Å². The number of aromatic nitrogens is 2. The molecule has 2 aromatic carbocycles. The van der Waals surface area contributed by atoms with Crippen LogP contribution < -0.4 is 10.6 Å². The SMILES string of the molecule is Cc1ccccc1NC(=O)c1nc(C(=O)NC(C)c2ccccc2)c2ccccn12. The Bertz CT molecular complexity index is 1210. The zero-order chi connectivity index (χ0) is 21.1. The fourth-order valence-corrected chi connectivity index (χ4v) is 3.35. The second-order valence-electron chi connectivity index (χ2n) is 7.11. The molecule has 4 rings (SSSR count). The van der Waals surface area contributed by atoms with Gasteiger partial charge in [0, 0.05) is 11.9 Å². The third-order valence-electron chi connectivity index (χ3n) is 5.01. The highest BCUT2D eigenvalue weighted by Crippen LogP contribution is 2.19. The van der Waals surface area contributed by atoms with Crippen molar-refractivity contribution >= 4 is 23.0 Å². The summed E-state index contributed by atoms with van der Waals surface area (Å²) in [6.07, 6.45) is 1.73. The molecule has 150 valence electrons. The minimum absolute atomic E-state index is 0.159. The van der Waals surface area contributed by atoms with E-state index in [0.717, 1.165) is 11.1 Å². The fraction of sp³-hybridized carbons (Fsp3) is 0.125. The van der Waals surface area contributed by atoms with E-state index < -0.39 is 0 Å². The number of amides is 2. The fourth-order valence-electron chi connectivity index (χ4n) is 3.35. The van der Waals surface area contributed by atoms with Crippen molar-refractivity contribution in [2.75, 3.05) is 5.32 Å². The van der Waals surface area contributed by atoms with Crippen LogP contribution in [0, 0.1) is 6.92 Å². The number of nitrogens with zero attached hydrogens (tertiary/aromatic N) is 2. The number of anilines is 1. The van der Waals surface area contributed by atoms with Crippen LogP contribution in [-0.4, -0.2) is 21.2 Å². The molecule has 1 atom stereocenters. The summed E-state index contributed by atoms with van der Waals surface area (Å²) in [4.78, 5) is 30.3. The molecule has 2 heterocycles. The summed E-state index contributed by atoms with van der Waals surface area (Å²) in [5.41, 5.74) is 3.44. The Morgan fingerprint density at radius 3 is 2.37 bits per heavy atom. The number of hydrogen-bond donors (Lipinski definition) is 2. The van der Waals surface area contributed by atoms with E-state index in [9.17, 15) is 9.59 Å². The number of benzene rings is 2. The molecule has 4 aromatic rings. The summed E-state index contributed by atoms with van der Waals surface area (Å²) in [6, 6.07) is 22.4. The molecule has 0 radical (unpaired) electrons. The van der Waals surface area contributed by atoms with E-state index in [1.807, 2.05) is 74.5 Å². The number of hydrogen-bond acceptors (Lipinski definition) is 3. The number of para-hydroxylation sites is 1. The largest absolute Gasteiger partial charge is 0.344 e. The van der Waals surface area contributed by atoms with Crippen molar-refractivity contribution in [3.63, 3.8) is 0 Å². The quantitative estimate of drug-likeness (QED) is 0.524. The average Bonchev–Trinajstić information content (AvgIpc) is 3.16. The Morgan fingerprint density at radius 2 is 1.60 bits per heavy atom. The average molecular weight is 398 g/mol. The van der Waals surface area contributed by atoms with Gasteiger partial charge in [0.15, 0.2) is 5.69 Å². The summed E-state index contributed by atoms with van der Waals surface area (Å²) in [5, 5.41) is 5.85. The van der Waals surface area contributed by atoms with Crippen molar-refractivity contribution < 1.29 is 9.59 Å². The summed E-state index contributed by atoms with van der Waals surface area (Å²) in [6.45, 7) is 3.83. The lowest BCUT2D eigenvalue weighted by atomic mass is 10.1. The standard InChI is InChI=1S/C24H22N4O2/c1-16-10-6-7-13-19(16)26-24(30)22-27-21(20-14-8-9-15-28(20)22)23(29)25-17(2)18-11-4-3-5-12-18/h3-15,17H,1-2H3,(H,25,29)(H,26,30). The molecule has 1 unspecified atom stereocenters. The van der Waals surface area contributed by atoms with Gasteiger partial charge in [-0.25, -0.2) is 4.98 Å². The lowest BCUT2D eigenvalue weighted by Crippen LogP contribution is -2.27. The van der Waals surface area contributed by atoms with E-state index in [1.165, 1.54) is 0 Å². The first kappa shape index (κ1) is 19.4. The zero-order valence-electron chi connectivity index (χ0n) is 16.8. The summed E-state index contributed by atoms with van der Waals surface area (Å²) < 4.78 is 1.63. The Balaban J connectivity index is 1.64. The second-order valence-corrected chi connectivity index (χ2v) is 7.11. The minimum Gasteiger partial charge on any atom is -0.344 e. The van der Waals surface area contributed by atoms with Gasteiger partial charge in [-0.15, -0.1) is 0 Å². The van der Waals surface area contributed by atoms with E-state index in [1.54, 1.807) is 22.7 Å². The third kappa shape index (κ3) is 3.80. The van der Waals surface area contributed by atoms with Gasteiger partial charge in [-0.1, -0.05) is 54.6 Å². The molecule has 0 saturated carbocycles. The van der Waals surface area contributed by atoms with Gasteiger partial charge >= 0.3 is 0 Å². The first-order valence-corrected chi connectivity index (χ1v) is 9.74. The van der Waals surface area contributed by atoms with Gasteiger partial charge in [0.1, 0.15) is 0 Å². The molecule has 0 aliphatic rings. The van der Waals surface area contributed by atoms with Crippen molar-refractivity contribution in [3.8, 4) is 0 Å². The highest BCUT2D eigenvalue weighted by Gasteiger charge is 2.23. The molecular formula is C24H22N4O2. The van der Waals surface area contributed by atoms with Gasteiger partial charge in [-0.05, 0) is 43.2 Å². The zero-order valence-corrected chi connectivity index (χ0v) is 16.8. The van der Waals surface area contributed by atoms with Crippen LogP contribution in [0.25, 0.3) is 5.52 Å². The first-order valence-electron chi connectivity index (χ1n) is 9.74. The molecule has 30 heavy (non-hydrogen) atoms. The van der Waals surface area contributed by atoms with Crippen molar-refractivity contribution in [2.24, 2.45) is 0 Å². The normalized spacial score (nSPS) is 11.8. The minimum atomic E-state index is -0.374. The number of nitrogens with one attached hydrogen (secondary N) is 2. The van der Waals surface area contributed by atoms with Crippen molar-refractivity contribution in [1.29, 1.82) is 0 Å².